The zero-order valence-electron chi connectivity index (χ0n) is 20.2. The number of likely N-dealkylation sites (tertiary alicyclic amines) is 1. The first-order valence-corrected chi connectivity index (χ1v) is 15.3. The molecule has 2 aliphatic heterocycles. The first kappa shape index (κ1) is 25.6. The van der Waals surface area contributed by atoms with E-state index in [-0.39, 0.29) is 39.8 Å². The molecule has 192 valence electrons. The van der Waals surface area contributed by atoms with Gasteiger partial charge in [0.25, 0.3) is 10.0 Å². The molecule has 0 bridgehead atoms. The van der Waals surface area contributed by atoms with Gasteiger partial charge in [0.1, 0.15) is 10.7 Å². The lowest BCUT2D eigenvalue weighted by Gasteiger charge is -2.40. The van der Waals surface area contributed by atoms with Gasteiger partial charge in [0.05, 0.1) is 11.9 Å². The molecule has 10 nitrogen and oxygen atoms in total. The van der Waals surface area contributed by atoms with Gasteiger partial charge in [-0.3, -0.25) is 14.3 Å². The predicted octanol–water partition coefficient (Wildman–Crippen LogP) is 2.59. The molecule has 1 aromatic rings. The highest BCUT2D eigenvalue weighted by atomic mass is 32.2. The van der Waals surface area contributed by atoms with Crippen molar-refractivity contribution in [3.63, 3.8) is 0 Å². The second kappa shape index (κ2) is 9.53. The van der Waals surface area contributed by atoms with Gasteiger partial charge in [-0.1, -0.05) is 33.1 Å². The molecule has 0 spiro atoms. The maximum absolute atomic E-state index is 13.6. The maximum atomic E-state index is 13.6. The van der Waals surface area contributed by atoms with Crippen LogP contribution >= 0.6 is 0 Å². The average Bonchev–Trinajstić information content (AvgIpc) is 3.27. The Balaban J connectivity index is 1.69. The van der Waals surface area contributed by atoms with Crippen molar-refractivity contribution in [1.82, 2.24) is 4.90 Å². The Bertz CT molecular complexity index is 1270. The molecular weight excluding hydrogens is 492 g/mol. The molecule has 2 heterocycles. The lowest BCUT2D eigenvalue weighted by atomic mass is 9.81. The number of nitrogens with one attached hydrogen (secondary N) is 2. The Hall–Kier alpha value is -2.47. The number of sulfonamides is 2. The Kier molecular flexibility index (Phi) is 6.98. The number of carbonyl (C=O) groups excluding carboxylic acids is 2. The summed E-state index contributed by atoms with van der Waals surface area (Å²) in [6, 6.07) is 4.03. The summed E-state index contributed by atoms with van der Waals surface area (Å²) in [4.78, 5) is 28.6. The lowest BCUT2D eigenvalue weighted by Crippen LogP contribution is -2.57. The van der Waals surface area contributed by atoms with Crippen molar-refractivity contribution in [2.24, 2.45) is 22.2 Å². The van der Waals surface area contributed by atoms with Crippen LogP contribution in [0.2, 0.25) is 0 Å². The number of rotatable bonds is 7. The van der Waals surface area contributed by atoms with E-state index in [4.69, 9.17) is 0 Å². The van der Waals surface area contributed by atoms with E-state index in [1.807, 2.05) is 0 Å². The largest absolute Gasteiger partial charge is 0.341 e. The van der Waals surface area contributed by atoms with Gasteiger partial charge in [-0.2, -0.15) is 8.42 Å². The summed E-state index contributed by atoms with van der Waals surface area (Å²) in [5.41, 5.74) is 0.215. The fourth-order valence-corrected chi connectivity index (χ4v) is 6.82. The van der Waals surface area contributed by atoms with Crippen LogP contribution in [0.4, 0.5) is 11.4 Å². The molecule has 35 heavy (non-hydrogen) atoms. The highest BCUT2D eigenvalue weighted by Crippen LogP contribution is 2.36. The molecule has 1 amide bonds. The lowest BCUT2D eigenvalue weighted by molar-refractivity contribution is -0.148. The number of fused-ring (bicyclic) bond motifs is 1. The van der Waals surface area contributed by atoms with Crippen molar-refractivity contribution in [3.8, 4) is 0 Å². The van der Waals surface area contributed by atoms with Crippen LogP contribution in [0, 0.1) is 17.8 Å². The summed E-state index contributed by atoms with van der Waals surface area (Å²) < 4.78 is 55.3. The number of amides is 1. The van der Waals surface area contributed by atoms with Gasteiger partial charge in [-0.15, -0.1) is 4.40 Å². The number of amidine groups is 1. The smallest absolute Gasteiger partial charge is 0.286 e. The number of benzene rings is 1. The molecule has 1 aromatic carbocycles. The summed E-state index contributed by atoms with van der Waals surface area (Å²) in [5, 5.41) is 2.90. The van der Waals surface area contributed by atoms with E-state index in [2.05, 4.69) is 28.3 Å². The number of carbonyl (C=O) groups is 2. The van der Waals surface area contributed by atoms with Crippen molar-refractivity contribution in [1.29, 1.82) is 0 Å². The van der Waals surface area contributed by atoms with Crippen LogP contribution in [0.15, 0.2) is 27.5 Å². The van der Waals surface area contributed by atoms with E-state index in [0.717, 1.165) is 38.4 Å². The van der Waals surface area contributed by atoms with Gasteiger partial charge in [0.2, 0.25) is 15.9 Å². The highest BCUT2D eigenvalue weighted by molar-refractivity contribution is 7.92. The number of piperidine rings is 1. The number of hydrogen-bond acceptors (Lipinski definition) is 7. The van der Waals surface area contributed by atoms with Gasteiger partial charge < -0.3 is 10.2 Å². The first-order chi connectivity index (χ1) is 16.4. The van der Waals surface area contributed by atoms with E-state index in [1.54, 1.807) is 4.90 Å². The van der Waals surface area contributed by atoms with Crippen molar-refractivity contribution in [2.45, 2.75) is 63.3 Å². The van der Waals surface area contributed by atoms with Crippen LogP contribution in [-0.2, 0) is 29.6 Å². The zero-order valence-corrected chi connectivity index (χ0v) is 21.8. The van der Waals surface area contributed by atoms with E-state index in [0.29, 0.717) is 18.9 Å². The van der Waals surface area contributed by atoms with Crippen molar-refractivity contribution >= 4 is 48.9 Å². The number of hydrogen-bond donors (Lipinski definition) is 2. The van der Waals surface area contributed by atoms with Gasteiger partial charge in [0.15, 0.2) is 11.7 Å². The monoisotopic (exact) mass is 524 g/mol. The molecule has 1 saturated heterocycles. The fraction of sp³-hybridized carbons (Fsp3) is 0.609. The molecule has 0 aromatic heterocycles. The third-order valence-electron chi connectivity index (χ3n) is 6.81. The molecule has 12 heteroatoms. The van der Waals surface area contributed by atoms with Crippen LogP contribution in [0.1, 0.15) is 52.4 Å². The van der Waals surface area contributed by atoms with Crippen LogP contribution in [0.3, 0.4) is 0 Å². The summed E-state index contributed by atoms with van der Waals surface area (Å²) in [6.07, 6.45) is 6.21. The van der Waals surface area contributed by atoms with E-state index in [9.17, 15) is 26.4 Å². The Morgan fingerprint density at radius 2 is 1.89 bits per heavy atom. The standard InChI is InChI=1S/C23H32N4O6S2/c1-14(2)8-9-15-13-27(17-6-4-5-7-17)23(29)20(21(15)28)22-24-18-11-10-16(25-34(3,30)31)12-19(18)35(32,33)26-22/h10-12,14-15,17,20,25H,4-9,13H2,1-3H3,(H,24,26). The highest BCUT2D eigenvalue weighted by Gasteiger charge is 2.48. The molecule has 2 N–H and O–H groups in total. The predicted molar refractivity (Wildman–Crippen MR) is 133 cm³/mol. The maximum Gasteiger partial charge on any atom is 0.286 e. The normalized spacial score (nSPS) is 24.8. The summed E-state index contributed by atoms with van der Waals surface area (Å²) in [5.74, 6) is -2.18. The van der Waals surface area contributed by atoms with Crippen LogP contribution in [0.5, 0.6) is 0 Å². The van der Waals surface area contributed by atoms with Crippen molar-refractivity contribution in [2.75, 3.05) is 22.8 Å². The Morgan fingerprint density at radius 3 is 2.51 bits per heavy atom. The molecule has 3 aliphatic rings. The van der Waals surface area contributed by atoms with Crippen molar-refractivity contribution in [3.05, 3.63) is 18.2 Å². The second-order valence-corrected chi connectivity index (χ2v) is 13.4. The summed E-state index contributed by atoms with van der Waals surface area (Å²) in [7, 11) is -7.89. The minimum atomic E-state index is -4.28. The van der Waals surface area contributed by atoms with E-state index < -0.39 is 31.9 Å². The van der Waals surface area contributed by atoms with Gasteiger partial charge in [-0.05, 0) is 43.4 Å². The molecule has 2 fully saturated rings. The van der Waals surface area contributed by atoms with Crippen LogP contribution in [0.25, 0.3) is 0 Å². The Labute approximate surface area is 206 Å². The third-order valence-corrected chi connectivity index (χ3v) is 8.75. The van der Waals surface area contributed by atoms with Gasteiger partial charge >= 0.3 is 0 Å². The van der Waals surface area contributed by atoms with Crippen LogP contribution in [-0.4, -0.2) is 58.1 Å². The summed E-state index contributed by atoms with van der Waals surface area (Å²) >= 11 is 0. The average molecular weight is 525 g/mol. The first-order valence-electron chi connectivity index (χ1n) is 11.9. The van der Waals surface area contributed by atoms with E-state index in [1.165, 1.54) is 18.2 Å². The topological polar surface area (TPSA) is 142 Å². The molecule has 1 aliphatic carbocycles. The van der Waals surface area contributed by atoms with Crippen LogP contribution < -0.4 is 10.0 Å². The number of nitrogens with zero attached hydrogens (tertiary/aromatic N) is 2. The Morgan fingerprint density at radius 1 is 1.20 bits per heavy atom. The quantitative estimate of drug-likeness (QED) is 0.522. The molecule has 2 atom stereocenters. The van der Waals surface area contributed by atoms with Gasteiger partial charge in [0, 0.05) is 24.2 Å². The van der Waals surface area contributed by atoms with E-state index >= 15 is 0 Å². The zero-order chi connectivity index (χ0) is 25.5. The molecule has 1 saturated carbocycles. The number of anilines is 2. The minimum Gasteiger partial charge on any atom is -0.341 e. The molecular formula is C23H32N4O6S2. The third kappa shape index (κ3) is 5.53. The van der Waals surface area contributed by atoms with Gasteiger partial charge in [-0.25, -0.2) is 8.42 Å². The number of Topliss-reactive ketones (excluding diaryl/α,β-unsaturated/α-hetero) is 1. The molecule has 4 rings (SSSR count). The summed E-state index contributed by atoms with van der Waals surface area (Å²) in [6.45, 7) is 4.52. The van der Waals surface area contributed by atoms with Crippen molar-refractivity contribution < 1.29 is 26.4 Å². The SMILES string of the molecule is CC(C)CCC1CN(C2CCCC2)C(=O)C(C2=NS(=O)(=O)c3cc(NS(C)(=O)=O)ccc3N2)C1=O. The fourth-order valence-electron chi connectivity index (χ4n) is 5.09. The number of ketones is 1. The molecule has 2 unspecified atom stereocenters. The second-order valence-electron chi connectivity index (χ2n) is 10.1. The minimum absolute atomic E-state index is 0.0531. The molecule has 0 radical (unpaired) electrons.